The van der Waals surface area contributed by atoms with Crippen molar-refractivity contribution >= 4 is 5.91 Å². The zero-order valence-electron chi connectivity index (χ0n) is 15.9. The molecule has 1 aromatic carbocycles. The van der Waals surface area contributed by atoms with Crippen LogP contribution in [0.2, 0.25) is 0 Å². The maximum absolute atomic E-state index is 12.6. The predicted molar refractivity (Wildman–Crippen MR) is 104 cm³/mol. The number of aromatic nitrogens is 5. The summed E-state index contributed by atoms with van der Waals surface area (Å²) in [6.45, 7) is 3.54. The first-order valence-corrected chi connectivity index (χ1v) is 9.47. The van der Waals surface area contributed by atoms with Gasteiger partial charge in [0.15, 0.2) is 0 Å². The Labute approximate surface area is 162 Å². The molecule has 0 saturated heterocycles. The Bertz CT molecular complexity index is 999. The Kier molecular flexibility index (Phi) is 4.85. The van der Waals surface area contributed by atoms with E-state index >= 15 is 0 Å². The maximum atomic E-state index is 12.6. The smallest absolute Gasteiger partial charge is 0.346 e. The molecule has 0 unspecified atom stereocenters. The van der Waals surface area contributed by atoms with Gasteiger partial charge >= 0.3 is 5.69 Å². The molecule has 2 aromatic heterocycles. The molecule has 1 amide bonds. The number of carbonyl (C=O) groups excluding carboxylic acids is 1. The summed E-state index contributed by atoms with van der Waals surface area (Å²) in [5.74, 6) is 0.400. The molecular formula is C20H24N6O2. The van der Waals surface area contributed by atoms with Crippen molar-refractivity contribution in [3.8, 4) is 0 Å². The van der Waals surface area contributed by atoms with E-state index in [0.717, 1.165) is 24.9 Å². The Morgan fingerprint density at radius 1 is 1.21 bits per heavy atom. The fourth-order valence-corrected chi connectivity index (χ4v) is 3.38. The van der Waals surface area contributed by atoms with Crippen molar-refractivity contribution in [2.24, 2.45) is 5.41 Å². The van der Waals surface area contributed by atoms with E-state index in [4.69, 9.17) is 0 Å². The molecule has 0 bridgehead atoms. The van der Waals surface area contributed by atoms with Crippen molar-refractivity contribution in [1.29, 1.82) is 0 Å². The number of nitrogens with zero attached hydrogens (tertiary/aromatic N) is 5. The molecule has 8 heteroatoms. The van der Waals surface area contributed by atoms with Crippen molar-refractivity contribution in [2.45, 2.75) is 39.4 Å². The van der Waals surface area contributed by atoms with E-state index in [9.17, 15) is 9.59 Å². The van der Waals surface area contributed by atoms with E-state index < -0.39 is 0 Å². The zero-order valence-corrected chi connectivity index (χ0v) is 15.9. The van der Waals surface area contributed by atoms with Gasteiger partial charge in [0, 0.05) is 30.9 Å². The molecule has 2 heterocycles. The summed E-state index contributed by atoms with van der Waals surface area (Å²) in [4.78, 5) is 25.0. The van der Waals surface area contributed by atoms with Crippen LogP contribution < -0.4 is 11.0 Å². The van der Waals surface area contributed by atoms with E-state index in [1.54, 1.807) is 17.7 Å². The third kappa shape index (κ3) is 4.05. The first-order valence-electron chi connectivity index (χ1n) is 9.47. The van der Waals surface area contributed by atoms with Gasteiger partial charge in [0.1, 0.15) is 12.4 Å². The monoisotopic (exact) mass is 380 g/mol. The lowest BCUT2D eigenvalue weighted by molar-refractivity contribution is -0.122. The van der Waals surface area contributed by atoms with Gasteiger partial charge < -0.3 is 5.32 Å². The van der Waals surface area contributed by atoms with E-state index in [1.165, 1.54) is 4.68 Å². The number of hydrogen-bond donors (Lipinski definition) is 1. The zero-order chi connectivity index (χ0) is 19.6. The van der Waals surface area contributed by atoms with Crippen molar-refractivity contribution < 1.29 is 4.79 Å². The summed E-state index contributed by atoms with van der Waals surface area (Å²) in [6.07, 6.45) is 5.83. The van der Waals surface area contributed by atoms with Crippen LogP contribution in [-0.4, -0.2) is 36.6 Å². The Morgan fingerprint density at radius 3 is 2.68 bits per heavy atom. The second-order valence-electron chi connectivity index (χ2n) is 7.54. The predicted octanol–water partition coefficient (Wildman–Crippen LogP) is 1.19. The fraction of sp³-hybridized carbons (Fsp3) is 0.400. The van der Waals surface area contributed by atoms with Crippen molar-refractivity contribution in [1.82, 2.24) is 29.4 Å². The maximum Gasteiger partial charge on any atom is 0.346 e. The number of hydrogen-bond acceptors (Lipinski definition) is 4. The van der Waals surface area contributed by atoms with Crippen molar-refractivity contribution in [2.75, 3.05) is 6.54 Å². The minimum absolute atomic E-state index is 0.0701. The second-order valence-corrected chi connectivity index (χ2v) is 7.54. The van der Waals surface area contributed by atoms with Crippen LogP contribution in [0.15, 0.2) is 53.6 Å². The largest absolute Gasteiger partial charge is 0.354 e. The summed E-state index contributed by atoms with van der Waals surface area (Å²) in [7, 11) is 0. The second kappa shape index (κ2) is 7.46. The van der Waals surface area contributed by atoms with E-state index in [1.807, 2.05) is 47.3 Å². The van der Waals surface area contributed by atoms with Gasteiger partial charge in [-0.15, -0.1) is 0 Å². The fourth-order valence-electron chi connectivity index (χ4n) is 3.38. The molecule has 1 N–H and O–H groups in total. The Morgan fingerprint density at radius 2 is 2.00 bits per heavy atom. The number of amides is 1. The molecule has 1 aliphatic carbocycles. The van der Waals surface area contributed by atoms with Gasteiger partial charge in [-0.05, 0) is 31.4 Å². The van der Waals surface area contributed by atoms with Crippen LogP contribution in [0.1, 0.15) is 24.2 Å². The molecule has 0 atom stereocenters. The molecule has 1 saturated carbocycles. The van der Waals surface area contributed by atoms with Gasteiger partial charge in [0.05, 0.1) is 6.54 Å². The van der Waals surface area contributed by atoms with Crippen LogP contribution in [0.25, 0.3) is 0 Å². The quantitative estimate of drug-likeness (QED) is 0.636. The van der Waals surface area contributed by atoms with Gasteiger partial charge in [-0.25, -0.2) is 9.48 Å². The highest BCUT2D eigenvalue weighted by Gasteiger charge is 2.43. The highest BCUT2D eigenvalue weighted by Crippen LogP contribution is 2.46. The minimum Gasteiger partial charge on any atom is -0.354 e. The first-order chi connectivity index (χ1) is 13.5. The number of nitrogens with one attached hydrogen (secondary N) is 1. The van der Waals surface area contributed by atoms with Crippen LogP contribution in [0.3, 0.4) is 0 Å². The van der Waals surface area contributed by atoms with Crippen LogP contribution in [-0.2, 0) is 24.4 Å². The Balaban J connectivity index is 1.36. The standard InChI is InChI=1S/C20H24N6O2/c1-16-23-26(19(28)25(16)12-17-6-3-2-4-7-17)13-18(27)21-14-20(8-9-20)15-24-11-5-10-22-24/h2-7,10-11H,8-9,12-15H2,1H3,(H,21,27). The molecule has 0 radical (unpaired) electrons. The summed E-state index contributed by atoms with van der Waals surface area (Å²) < 4.78 is 4.72. The molecule has 1 aliphatic rings. The molecule has 0 aliphatic heterocycles. The van der Waals surface area contributed by atoms with E-state index in [0.29, 0.717) is 18.9 Å². The molecular weight excluding hydrogens is 356 g/mol. The highest BCUT2D eigenvalue weighted by atomic mass is 16.2. The molecule has 0 spiro atoms. The summed E-state index contributed by atoms with van der Waals surface area (Å²) in [5, 5.41) is 11.5. The number of carbonyl (C=O) groups is 1. The minimum atomic E-state index is -0.269. The average Bonchev–Trinajstić information content (AvgIpc) is 3.16. The lowest BCUT2D eigenvalue weighted by Gasteiger charge is -2.16. The van der Waals surface area contributed by atoms with Crippen LogP contribution >= 0.6 is 0 Å². The average molecular weight is 380 g/mol. The van der Waals surface area contributed by atoms with Gasteiger partial charge in [-0.2, -0.15) is 10.2 Å². The van der Waals surface area contributed by atoms with Crippen LogP contribution in [0.4, 0.5) is 0 Å². The molecule has 1 fully saturated rings. The molecule has 146 valence electrons. The lowest BCUT2D eigenvalue weighted by Crippen LogP contribution is -2.37. The highest BCUT2D eigenvalue weighted by molar-refractivity contribution is 5.75. The Hall–Kier alpha value is -3.16. The summed E-state index contributed by atoms with van der Waals surface area (Å²) in [6, 6.07) is 11.6. The van der Waals surface area contributed by atoms with Gasteiger partial charge in [-0.3, -0.25) is 14.0 Å². The molecule has 4 rings (SSSR count). The van der Waals surface area contributed by atoms with Crippen LogP contribution in [0.5, 0.6) is 0 Å². The third-order valence-corrected chi connectivity index (χ3v) is 5.26. The van der Waals surface area contributed by atoms with Crippen LogP contribution in [0, 0.1) is 12.3 Å². The van der Waals surface area contributed by atoms with Gasteiger partial charge in [0.2, 0.25) is 5.91 Å². The molecule has 28 heavy (non-hydrogen) atoms. The third-order valence-electron chi connectivity index (χ3n) is 5.26. The van der Waals surface area contributed by atoms with E-state index in [2.05, 4.69) is 15.5 Å². The molecule has 3 aromatic rings. The van der Waals surface area contributed by atoms with Gasteiger partial charge in [-0.1, -0.05) is 30.3 Å². The normalized spacial score (nSPS) is 14.8. The lowest BCUT2D eigenvalue weighted by atomic mass is 10.1. The van der Waals surface area contributed by atoms with E-state index in [-0.39, 0.29) is 23.6 Å². The molecule has 8 nitrogen and oxygen atoms in total. The van der Waals surface area contributed by atoms with Crippen molar-refractivity contribution in [3.05, 3.63) is 70.7 Å². The topological polar surface area (TPSA) is 86.7 Å². The first kappa shape index (κ1) is 18.2. The van der Waals surface area contributed by atoms with Crippen molar-refractivity contribution in [3.63, 3.8) is 0 Å². The summed E-state index contributed by atoms with van der Waals surface area (Å²) in [5.41, 5.74) is 0.829. The number of benzene rings is 1. The van der Waals surface area contributed by atoms with Gasteiger partial charge in [0.25, 0.3) is 0 Å². The number of aryl methyl sites for hydroxylation is 1. The summed E-state index contributed by atoms with van der Waals surface area (Å²) >= 11 is 0. The SMILES string of the molecule is Cc1nn(CC(=O)NCC2(Cn3cccn3)CC2)c(=O)n1Cc1ccccc1. The number of rotatable bonds is 8.